The van der Waals surface area contributed by atoms with Crippen LogP contribution in [-0.4, -0.2) is 44.3 Å². The molecule has 2 aliphatic rings. The quantitative estimate of drug-likeness (QED) is 0.816. The largest absolute Gasteiger partial charge is 0.486 e. The summed E-state index contributed by atoms with van der Waals surface area (Å²) in [5, 5.41) is 5.48. The van der Waals surface area contributed by atoms with Crippen molar-refractivity contribution in [1.29, 1.82) is 0 Å². The van der Waals surface area contributed by atoms with E-state index in [2.05, 4.69) is 10.6 Å². The zero-order chi connectivity index (χ0) is 19.3. The van der Waals surface area contributed by atoms with Crippen molar-refractivity contribution in [1.82, 2.24) is 5.32 Å². The number of ether oxygens (including phenoxy) is 4. The maximum absolute atomic E-state index is 12.2. The van der Waals surface area contributed by atoms with Gasteiger partial charge in [-0.25, -0.2) is 0 Å². The second kappa shape index (κ2) is 8.08. The van der Waals surface area contributed by atoms with Crippen molar-refractivity contribution in [2.24, 2.45) is 0 Å². The number of hydrogen-bond donors (Lipinski definition) is 2. The molecule has 4 rings (SSSR count). The molecule has 0 saturated heterocycles. The molecule has 0 aliphatic carbocycles. The second-order valence-electron chi connectivity index (χ2n) is 6.31. The number of amides is 2. The lowest BCUT2D eigenvalue weighted by atomic mass is 10.2. The Morgan fingerprint density at radius 2 is 1.68 bits per heavy atom. The zero-order valence-electron chi connectivity index (χ0n) is 15.1. The monoisotopic (exact) mass is 384 g/mol. The first-order valence-corrected chi connectivity index (χ1v) is 9.05. The first-order valence-electron chi connectivity index (χ1n) is 9.05. The Morgan fingerprint density at radius 1 is 0.929 bits per heavy atom. The first-order chi connectivity index (χ1) is 13.7. The fraction of sp³-hybridized carbons (Fsp3) is 0.300. The lowest BCUT2D eigenvalue weighted by molar-refractivity contribution is -0.130. The Kier molecular flexibility index (Phi) is 5.18. The van der Waals surface area contributed by atoms with Gasteiger partial charge in [-0.15, -0.1) is 0 Å². The summed E-state index contributed by atoms with van der Waals surface area (Å²) in [7, 11) is 0. The van der Waals surface area contributed by atoms with Gasteiger partial charge in [-0.2, -0.15) is 0 Å². The molecule has 2 aromatic rings. The summed E-state index contributed by atoms with van der Waals surface area (Å²) in [4.78, 5) is 24.3. The standard InChI is InChI=1S/C20H20N2O6/c23-19(22-13-5-6-15-17(11-13)26-10-9-25-15)7-8-21-20(24)18-12-27-14-3-1-2-4-16(14)28-18/h1-6,11,18H,7-10,12H2,(H,21,24)(H,22,23)/t18-/m1/s1. The highest BCUT2D eigenvalue weighted by atomic mass is 16.6. The summed E-state index contributed by atoms with van der Waals surface area (Å²) in [5.74, 6) is 1.88. The smallest absolute Gasteiger partial charge is 0.264 e. The predicted molar refractivity (Wildman–Crippen MR) is 100 cm³/mol. The fourth-order valence-corrected chi connectivity index (χ4v) is 2.91. The molecule has 146 valence electrons. The maximum Gasteiger partial charge on any atom is 0.264 e. The van der Waals surface area contributed by atoms with E-state index in [1.807, 2.05) is 12.1 Å². The van der Waals surface area contributed by atoms with Gasteiger partial charge in [0.05, 0.1) is 0 Å². The van der Waals surface area contributed by atoms with Crippen LogP contribution in [0.5, 0.6) is 23.0 Å². The Balaban J connectivity index is 1.23. The van der Waals surface area contributed by atoms with Gasteiger partial charge in [0.15, 0.2) is 23.0 Å². The average Bonchev–Trinajstić information content (AvgIpc) is 2.73. The van der Waals surface area contributed by atoms with E-state index in [4.69, 9.17) is 18.9 Å². The minimum Gasteiger partial charge on any atom is -0.486 e. The molecule has 2 amide bonds. The van der Waals surface area contributed by atoms with E-state index in [1.54, 1.807) is 30.3 Å². The van der Waals surface area contributed by atoms with Crippen molar-refractivity contribution in [3.8, 4) is 23.0 Å². The van der Waals surface area contributed by atoms with E-state index in [0.717, 1.165) is 0 Å². The third-order valence-corrected chi connectivity index (χ3v) is 4.28. The zero-order valence-corrected chi connectivity index (χ0v) is 15.1. The molecule has 0 fully saturated rings. The van der Waals surface area contributed by atoms with Gasteiger partial charge in [0.2, 0.25) is 12.0 Å². The van der Waals surface area contributed by atoms with Crippen LogP contribution in [0.25, 0.3) is 0 Å². The Bertz CT molecular complexity index is 885. The minimum absolute atomic E-state index is 0.129. The van der Waals surface area contributed by atoms with E-state index in [0.29, 0.717) is 41.9 Å². The number of carbonyl (C=O) groups excluding carboxylic acids is 2. The lowest BCUT2D eigenvalue weighted by Gasteiger charge is -2.25. The van der Waals surface area contributed by atoms with Crippen molar-refractivity contribution >= 4 is 17.5 Å². The van der Waals surface area contributed by atoms with Gasteiger partial charge in [0.1, 0.15) is 19.8 Å². The molecule has 2 N–H and O–H groups in total. The van der Waals surface area contributed by atoms with Crippen molar-refractivity contribution < 1.29 is 28.5 Å². The van der Waals surface area contributed by atoms with Gasteiger partial charge in [-0.05, 0) is 24.3 Å². The molecule has 8 nitrogen and oxygen atoms in total. The third-order valence-electron chi connectivity index (χ3n) is 4.28. The Morgan fingerprint density at radius 3 is 2.54 bits per heavy atom. The SMILES string of the molecule is O=C(CCNC(=O)[C@H]1COc2ccccc2O1)Nc1ccc2c(c1)OCCO2. The molecule has 0 aromatic heterocycles. The van der Waals surface area contributed by atoms with Gasteiger partial charge in [0, 0.05) is 24.7 Å². The van der Waals surface area contributed by atoms with E-state index >= 15 is 0 Å². The number of hydrogen-bond acceptors (Lipinski definition) is 6. The molecule has 0 saturated carbocycles. The molecule has 2 aromatic carbocycles. The van der Waals surface area contributed by atoms with Crippen LogP contribution in [0.1, 0.15) is 6.42 Å². The predicted octanol–water partition coefficient (Wildman–Crippen LogP) is 1.74. The molecule has 0 spiro atoms. The van der Waals surface area contributed by atoms with Crippen LogP contribution >= 0.6 is 0 Å². The molecule has 28 heavy (non-hydrogen) atoms. The number of fused-ring (bicyclic) bond motifs is 2. The number of nitrogens with one attached hydrogen (secondary N) is 2. The highest BCUT2D eigenvalue weighted by molar-refractivity contribution is 5.91. The number of rotatable bonds is 5. The van der Waals surface area contributed by atoms with Gasteiger partial charge in [-0.1, -0.05) is 12.1 Å². The molecule has 2 aliphatic heterocycles. The number of benzene rings is 2. The van der Waals surface area contributed by atoms with Gasteiger partial charge >= 0.3 is 0 Å². The molecule has 2 heterocycles. The van der Waals surface area contributed by atoms with Crippen molar-refractivity contribution in [2.75, 3.05) is 31.7 Å². The highest BCUT2D eigenvalue weighted by Gasteiger charge is 2.27. The molecule has 1 atom stereocenters. The molecular formula is C20H20N2O6. The van der Waals surface area contributed by atoms with Gasteiger partial charge in [-0.3, -0.25) is 9.59 Å². The van der Waals surface area contributed by atoms with Crippen LogP contribution in [-0.2, 0) is 9.59 Å². The number of anilines is 1. The Labute approximate surface area is 161 Å². The van der Waals surface area contributed by atoms with Crippen LogP contribution in [0.4, 0.5) is 5.69 Å². The minimum atomic E-state index is -0.740. The van der Waals surface area contributed by atoms with E-state index in [-0.39, 0.29) is 31.4 Å². The van der Waals surface area contributed by atoms with Gasteiger partial charge in [0.25, 0.3) is 5.91 Å². The highest BCUT2D eigenvalue weighted by Crippen LogP contribution is 2.33. The van der Waals surface area contributed by atoms with E-state index in [9.17, 15) is 9.59 Å². The van der Waals surface area contributed by atoms with Crippen LogP contribution < -0.4 is 29.6 Å². The van der Waals surface area contributed by atoms with Crippen molar-refractivity contribution in [3.05, 3.63) is 42.5 Å². The summed E-state index contributed by atoms with van der Waals surface area (Å²) in [5.41, 5.74) is 0.612. The number of para-hydroxylation sites is 2. The van der Waals surface area contributed by atoms with Gasteiger partial charge < -0.3 is 29.6 Å². The third kappa shape index (κ3) is 4.11. The summed E-state index contributed by atoms with van der Waals surface area (Å²) in [6, 6.07) is 12.4. The van der Waals surface area contributed by atoms with Crippen molar-refractivity contribution in [2.45, 2.75) is 12.5 Å². The fourth-order valence-electron chi connectivity index (χ4n) is 2.91. The Hall–Kier alpha value is -3.42. The van der Waals surface area contributed by atoms with E-state index in [1.165, 1.54) is 0 Å². The summed E-state index contributed by atoms with van der Waals surface area (Å²) in [6.45, 7) is 1.32. The average molecular weight is 384 g/mol. The van der Waals surface area contributed by atoms with Crippen LogP contribution in [0, 0.1) is 0 Å². The summed E-state index contributed by atoms with van der Waals surface area (Å²) >= 11 is 0. The maximum atomic E-state index is 12.2. The summed E-state index contributed by atoms with van der Waals surface area (Å²) < 4.78 is 22.1. The number of carbonyl (C=O) groups is 2. The second-order valence-corrected chi connectivity index (χ2v) is 6.31. The van der Waals surface area contributed by atoms with Crippen molar-refractivity contribution in [3.63, 3.8) is 0 Å². The lowest BCUT2D eigenvalue weighted by Crippen LogP contribution is -2.44. The van der Waals surface area contributed by atoms with Crippen LogP contribution in [0.3, 0.4) is 0 Å². The van der Waals surface area contributed by atoms with Crippen LogP contribution in [0.2, 0.25) is 0 Å². The molecule has 0 bridgehead atoms. The summed E-state index contributed by atoms with van der Waals surface area (Å²) in [6.07, 6.45) is -0.611. The molecular weight excluding hydrogens is 364 g/mol. The first kappa shape index (κ1) is 18.0. The van der Waals surface area contributed by atoms with Crippen LogP contribution in [0.15, 0.2) is 42.5 Å². The molecule has 0 unspecified atom stereocenters. The topological polar surface area (TPSA) is 95.1 Å². The normalized spacial score (nSPS) is 16.8. The molecule has 0 radical (unpaired) electrons. The van der Waals surface area contributed by atoms with E-state index < -0.39 is 6.10 Å². The molecule has 8 heteroatoms.